The predicted molar refractivity (Wildman–Crippen MR) is 42.0 cm³/mol. The first-order chi connectivity index (χ1) is 5.36. The summed E-state index contributed by atoms with van der Waals surface area (Å²) in [5, 5.41) is 3.24. The molecular formula is C8H15NO2. The van der Waals surface area contributed by atoms with Crippen LogP contribution in [-0.2, 0) is 9.53 Å². The van der Waals surface area contributed by atoms with Crippen LogP contribution in [0.3, 0.4) is 0 Å². The first-order valence-corrected chi connectivity index (χ1v) is 4.22. The van der Waals surface area contributed by atoms with Crippen molar-refractivity contribution in [2.45, 2.75) is 44.9 Å². The van der Waals surface area contributed by atoms with Crippen LogP contribution in [0.2, 0.25) is 0 Å². The Morgan fingerprint density at radius 3 is 3.09 bits per heavy atom. The van der Waals surface area contributed by atoms with E-state index in [1.807, 2.05) is 0 Å². The third kappa shape index (κ3) is 2.50. The normalized spacial score (nSPS) is 30.3. The van der Waals surface area contributed by atoms with E-state index in [2.05, 4.69) is 12.2 Å². The van der Waals surface area contributed by atoms with E-state index in [4.69, 9.17) is 4.74 Å². The molecule has 0 aliphatic carbocycles. The number of rotatable bonds is 4. The molecule has 2 atom stereocenters. The fraction of sp³-hybridized carbons (Fsp3) is 0.875. The van der Waals surface area contributed by atoms with Crippen LogP contribution in [0.15, 0.2) is 0 Å². The average molecular weight is 157 g/mol. The van der Waals surface area contributed by atoms with Gasteiger partial charge in [-0.2, -0.15) is 0 Å². The van der Waals surface area contributed by atoms with E-state index >= 15 is 0 Å². The summed E-state index contributed by atoms with van der Waals surface area (Å²) < 4.78 is 4.79. The zero-order chi connectivity index (χ0) is 8.10. The minimum Gasteiger partial charge on any atom is -0.449 e. The lowest BCUT2D eigenvalue weighted by Crippen LogP contribution is -2.30. The smallest absolute Gasteiger partial charge is 0.294 e. The Balaban J connectivity index is 2.17. The summed E-state index contributed by atoms with van der Waals surface area (Å²) in [6, 6.07) is 0.560. The Morgan fingerprint density at radius 1 is 1.64 bits per heavy atom. The maximum atomic E-state index is 9.96. The maximum Gasteiger partial charge on any atom is 0.294 e. The van der Waals surface area contributed by atoms with Crippen LogP contribution in [-0.4, -0.2) is 18.7 Å². The molecule has 1 N–H and O–H groups in total. The van der Waals surface area contributed by atoms with Gasteiger partial charge in [0.05, 0.1) is 0 Å². The fourth-order valence-electron chi connectivity index (χ4n) is 1.53. The van der Waals surface area contributed by atoms with Crippen molar-refractivity contribution < 1.29 is 9.53 Å². The van der Waals surface area contributed by atoms with Gasteiger partial charge in [-0.15, -0.1) is 0 Å². The number of hydrogen-bond acceptors (Lipinski definition) is 3. The number of ether oxygens (including phenoxy) is 1. The van der Waals surface area contributed by atoms with Gasteiger partial charge in [-0.3, -0.25) is 10.1 Å². The monoisotopic (exact) mass is 157 g/mol. The van der Waals surface area contributed by atoms with Crippen molar-refractivity contribution >= 4 is 6.47 Å². The highest BCUT2D eigenvalue weighted by Gasteiger charge is 2.23. The van der Waals surface area contributed by atoms with Gasteiger partial charge in [-0.25, -0.2) is 0 Å². The topological polar surface area (TPSA) is 38.3 Å². The zero-order valence-corrected chi connectivity index (χ0v) is 6.88. The Kier molecular flexibility index (Phi) is 3.36. The molecule has 1 rings (SSSR count). The summed E-state index contributed by atoms with van der Waals surface area (Å²) in [6.07, 6.45) is 4.43. The second-order valence-corrected chi connectivity index (χ2v) is 2.95. The molecule has 0 aromatic carbocycles. The highest BCUT2D eigenvalue weighted by molar-refractivity contribution is 5.37. The quantitative estimate of drug-likeness (QED) is 0.619. The highest BCUT2D eigenvalue weighted by Crippen LogP contribution is 2.16. The third-order valence-electron chi connectivity index (χ3n) is 2.06. The molecule has 1 heterocycles. The first kappa shape index (κ1) is 8.53. The molecule has 1 aliphatic rings. The van der Waals surface area contributed by atoms with Crippen molar-refractivity contribution in [3.05, 3.63) is 0 Å². The molecule has 0 unspecified atom stereocenters. The Morgan fingerprint density at radius 2 is 2.45 bits per heavy atom. The predicted octanol–water partition coefficient (Wildman–Crippen LogP) is 1.04. The van der Waals surface area contributed by atoms with Gasteiger partial charge in [-0.05, 0) is 19.3 Å². The molecule has 0 aromatic heterocycles. The largest absolute Gasteiger partial charge is 0.449 e. The highest BCUT2D eigenvalue weighted by atomic mass is 16.5. The summed E-state index contributed by atoms with van der Waals surface area (Å²) >= 11 is 0. The number of hydrogen-bond donors (Lipinski definition) is 1. The second kappa shape index (κ2) is 4.34. The van der Waals surface area contributed by atoms with Gasteiger partial charge < -0.3 is 4.74 Å². The van der Waals surface area contributed by atoms with Crippen molar-refractivity contribution in [2.75, 3.05) is 0 Å². The van der Waals surface area contributed by atoms with Crippen molar-refractivity contribution in [3.63, 3.8) is 0 Å². The van der Waals surface area contributed by atoms with E-state index in [-0.39, 0.29) is 6.23 Å². The van der Waals surface area contributed by atoms with Crippen LogP contribution in [0.25, 0.3) is 0 Å². The molecule has 1 saturated heterocycles. The Bertz CT molecular complexity index is 127. The standard InChI is InChI=1S/C8H15NO2/c1-2-3-7-4-5-8(9-7)11-6-10/h6-9H,2-5H2,1H3/t7-,8-/m1/s1. The second-order valence-electron chi connectivity index (χ2n) is 2.95. The van der Waals surface area contributed by atoms with Crippen molar-refractivity contribution in [1.82, 2.24) is 5.32 Å². The van der Waals surface area contributed by atoms with Crippen molar-refractivity contribution in [1.29, 1.82) is 0 Å². The van der Waals surface area contributed by atoms with Crippen LogP contribution in [0.5, 0.6) is 0 Å². The molecule has 0 saturated carbocycles. The molecule has 0 bridgehead atoms. The van der Waals surface area contributed by atoms with Crippen LogP contribution < -0.4 is 5.32 Å². The van der Waals surface area contributed by atoms with E-state index in [9.17, 15) is 4.79 Å². The summed E-state index contributed by atoms with van der Waals surface area (Å²) in [5.74, 6) is 0. The van der Waals surface area contributed by atoms with E-state index in [0.29, 0.717) is 12.5 Å². The molecule has 0 radical (unpaired) electrons. The van der Waals surface area contributed by atoms with Crippen LogP contribution in [0.4, 0.5) is 0 Å². The average Bonchev–Trinajstić information content (AvgIpc) is 2.38. The van der Waals surface area contributed by atoms with Gasteiger partial charge in [0.2, 0.25) is 0 Å². The summed E-state index contributed by atoms with van der Waals surface area (Å²) in [7, 11) is 0. The Hall–Kier alpha value is -0.570. The minimum absolute atomic E-state index is 0.0240. The van der Waals surface area contributed by atoms with E-state index < -0.39 is 0 Å². The third-order valence-corrected chi connectivity index (χ3v) is 2.06. The molecule has 1 aliphatic heterocycles. The molecular weight excluding hydrogens is 142 g/mol. The SMILES string of the molecule is CCC[C@@H]1CC[C@@H](OC=O)N1. The van der Waals surface area contributed by atoms with E-state index in [1.54, 1.807) is 0 Å². The number of carbonyl (C=O) groups excluding carboxylic acids is 1. The molecule has 11 heavy (non-hydrogen) atoms. The van der Waals surface area contributed by atoms with E-state index in [1.165, 1.54) is 12.8 Å². The molecule has 64 valence electrons. The minimum atomic E-state index is -0.0240. The summed E-state index contributed by atoms with van der Waals surface area (Å²) in [6.45, 7) is 2.68. The molecule has 1 fully saturated rings. The maximum absolute atomic E-state index is 9.96. The summed E-state index contributed by atoms with van der Waals surface area (Å²) in [4.78, 5) is 9.96. The van der Waals surface area contributed by atoms with Gasteiger partial charge in [-0.1, -0.05) is 13.3 Å². The molecule has 0 amide bonds. The van der Waals surface area contributed by atoms with Gasteiger partial charge >= 0.3 is 0 Å². The lowest BCUT2D eigenvalue weighted by Gasteiger charge is -2.11. The lowest BCUT2D eigenvalue weighted by atomic mass is 10.1. The lowest BCUT2D eigenvalue weighted by molar-refractivity contribution is -0.134. The van der Waals surface area contributed by atoms with Gasteiger partial charge in [0, 0.05) is 6.04 Å². The number of nitrogens with one attached hydrogen (secondary N) is 1. The van der Waals surface area contributed by atoms with Crippen LogP contribution in [0.1, 0.15) is 32.6 Å². The van der Waals surface area contributed by atoms with Crippen LogP contribution >= 0.6 is 0 Å². The van der Waals surface area contributed by atoms with Crippen molar-refractivity contribution in [3.8, 4) is 0 Å². The zero-order valence-electron chi connectivity index (χ0n) is 6.88. The van der Waals surface area contributed by atoms with E-state index in [0.717, 1.165) is 12.8 Å². The fourth-order valence-corrected chi connectivity index (χ4v) is 1.53. The van der Waals surface area contributed by atoms with Gasteiger partial charge in [0.25, 0.3) is 6.47 Å². The Labute approximate surface area is 67.1 Å². The summed E-state index contributed by atoms with van der Waals surface area (Å²) in [5.41, 5.74) is 0. The van der Waals surface area contributed by atoms with Crippen molar-refractivity contribution in [2.24, 2.45) is 0 Å². The van der Waals surface area contributed by atoms with Crippen LogP contribution in [0, 0.1) is 0 Å². The first-order valence-electron chi connectivity index (χ1n) is 4.22. The molecule has 3 heteroatoms. The number of carbonyl (C=O) groups is 1. The molecule has 0 spiro atoms. The van der Waals surface area contributed by atoms with Gasteiger partial charge in [0.15, 0.2) is 6.23 Å². The van der Waals surface area contributed by atoms with Gasteiger partial charge in [0.1, 0.15) is 0 Å². The molecule has 3 nitrogen and oxygen atoms in total. The molecule has 0 aromatic rings.